The maximum absolute atomic E-state index is 13.1. The van der Waals surface area contributed by atoms with Crippen molar-refractivity contribution in [3.8, 4) is 5.75 Å². The van der Waals surface area contributed by atoms with E-state index in [1.54, 1.807) is 12.1 Å². The third kappa shape index (κ3) is 3.70. The summed E-state index contributed by atoms with van der Waals surface area (Å²) >= 11 is 0. The summed E-state index contributed by atoms with van der Waals surface area (Å²) in [6.45, 7) is 7.49. The standard InChI is InChI=1S/C15H22FNO/c1-15(2,3)17-8-4-5-13-10-11-9-12(16)6-7-14(11)18-13/h6-7,9,13,17H,4-5,8,10H2,1-3H3. The molecule has 1 heterocycles. The van der Waals surface area contributed by atoms with Gasteiger partial charge in [0, 0.05) is 17.5 Å². The van der Waals surface area contributed by atoms with Crippen molar-refractivity contribution >= 4 is 0 Å². The number of rotatable bonds is 4. The molecule has 0 radical (unpaired) electrons. The summed E-state index contributed by atoms with van der Waals surface area (Å²) in [6.07, 6.45) is 3.14. The van der Waals surface area contributed by atoms with Crippen molar-refractivity contribution in [2.45, 2.75) is 51.7 Å². The van der Waals surface area contributed by atoms with Crippen LogP contribution in [0.25, 0.3) is 0 Å². The van der Waals surface area contributed by atoms with E-state index in [1.165, 1.54) is 6.07 Å². The summed E-state index contributed by atoms with van der Waals surface area (Å²) in [7, 11) is 0. The monoisotopic (exact) mass is 251 g/mol. The van der Waals surface area contributed by atoms with Crippen molar-refractivity contribution in [3.05, 3.63) is 29.6 Å². The Morgan fingerprint density at radius 1 is 1.39 bits per heavy atom. The maximum atomic E-state index is 13.1. The van der Waals surface area contributed by atoms with Crippen LogP contribution in [0.15, 0.2) is 18.2 Å². The van der Waals surface area contributed by atoms with Crippen molar-refractivity contribution < 1.29 is 9.13 Å². The van der Waals surface area contributed by atoms with Gasteiger partial charge in [0.2, 0.25) is 0 Å². The summed E-state index contributed by atoms with van der Waals surface area (Å²) in [5.74, 6) is 0.678. The van der Waals surface area contributed by atoms with Gasteiger partial charge in [0.05, 0.1) is 0 Å². The summed E-state index contributed by atoms with van der Waals surface area (Å²) < 4.78 is 18.9. The molecule has 1 N–H and O–H groups in total. The largest absolute Gasteiger partial charge is 0.490 e. The molecule has 0 fully saturated rings. The highest BCUT2D eigenvalue weighted by Gasteiger charge is 2.22. The van der Waals surface area contributed by atoms with E-state index in [0.717, 1.165) is 37.1 Å². The van der Waals surface area contributed by atoms with Crippen LogP contribution in [0.5, 0.6) is 5.75 Å². The molecule has 0 saturated heterocycles. The van der Waals surface area contributed by atoms with Crippen LogP contribution in [0.2, 0.25) is 0 Å². The quantitative estimate of drug-likeness (QED) is 0.829. The Balaban J connectivity index is 1.75. The zero-order valence-corrected chi connectivity index (χ0v) is 11.4. The molecule has 1 aromatic carbocycles. The first kappa shape index (κ1) is 13.3. The lowest BCUT2D eigenvalue weighted by molar-refractivity contribution is 0.215. The minimum absolute atomic E-state index is 0.169. The van der Waals surface area contributed by atoms with E-state index in [4.69, 9.17) is 4.74 Å². The smallest absolute Gasteiger partial charge is 0.123 e. The molecule has 100 valence electrons. The predicted octanol–water partition coefficient (Wildman–Crippen LogP) is 3.30. The fraction of sp³-hybridized carbons (Fsp3) is 0.600. The first-order valence-electron chi connectivity index (χ1n) is 6.64. The molecule has 0 amide bonds. The molecule has 1 aromatic rings. The van der Waals surface area contributed by atoms with Gasteiger partial charge in [-0.1, -0.05) is 0 Å². The predicted molar refractivity (Wildman–Crippen MR) is 71.5 cm³/mol. The molecule has 0 saturated carbocycles. The van der Waals surface area contributed by atoms with Crippen molar-refractivity contribution in [1.82, 2.24) is 5.32 Å². The normalized spacial score (nSPS) is 18.6. The Morgan fingerprint density at radius 2 is 2.17 bits per heavy atom. The van der Waals surface area contributed by atoms with Gasteiger partial charge in [-0.25, -0.2) is 4.39 Å². The van der Waals surface area contributed by atoms with Crippen molar-refractivity contribution in [1.29, 1.82) is 0 Å². The lowest BCUT2D eigenvalue weighted by atomic mass is 10.1. The highest BCUT2D eigenvalue weighted by Crippen LogP contribution is 2.30. The van der Waals surface area contributed by atoms with Gasteiger partial charge >= 0.3 is 0 Å². The molecule has 1 aliphatic heterocycles. The Kier molecular flexibility index (Phi) is 3.91. The number of benzene rings is 1. The van der Waals surface area contributed by atoms with E-state index >= 15 is 0 Å². The van der Waals surface area contributed by atoms with Gasteiger partial charge < -0.3 is 10.1 Å². The van der Waals surface area contributed by atoms with Gasteiger partial charge in [0.25, 0.3) is 0 Å². The van der Waals surface area contributed by atoms with E-state index in [2.05, 4.69) is 26.1 Å². The number of ether oxygens (including phenoxy) is 1. The van der Waals surface area contributed by atoms with Crippen LogP contribution >= 0.6 is 0 Å². The van der Waals surface area contributed by atoms with Gasteiger partial charge in [-0.15, -0.1) is 0 Å². The lowest BCUT2D eigenvalue weighted by Crippen LogP contribution is -2.36. The number of fused-ring (bicyclic) bond motifs is 1. The third-order valence-electron chi connectivity index (χ3n) is 3.12. The molecule has 0 aromatic heterocycles. The highest BCUT2D eigenvalue weighted by molar-refractivity contribution is 5.37. The minimum Gasteiger partial charge on any atom is -0.490 e. The average molecular weight is 251 g/mol. The van der Waals surface area contributed by atoms with Crippen molar-refractivity contribution in [2.75, 3.05) is 6.54 Å². The van der Waals surface area contributed by atoms with Crippen molar-refractivity contribution in [2.24, 2.45) is 0 Å². The molecule has 2 rings (SSSR count). The summed E-state index contributed by atoms with van der Waals surface area (Å²) in [5.41, 5.74) is 1.17. The van der Waals surface area contributed by atoms with Gasteiger partial charge in [-0.3, -0.25) is 0 Å². The van der Waals surface area contributed by atoms with Crippen LogP contribution in [0, 0.1) is 5.82 Å². The van der Waals surface area contributed by atoms with E-state index < -0.39 is 0 Å². The number of hydrogen-bond acceptors (Lipinski definition) is 2. The minimum atomic E-state index is -0.174. The average Bonchev–Trinajstić information content (AvgIpc) is 2.65. The topological polar surface area (TPSA) is 21.3 Å². The zero-order valence-electron chi connectivity index (χ0n) is 11.4. The molecule has 18 heavy (non-hydrogen) atoms. The second-order valence-electron chi connectivity index (χ2n) is 6.02. The second kappa shape index (κ2) is 5.27. The Hall–Kier alpha value is -1.09. The lowest BCUT2D eigenvalue weighted by Gasteiger charge is -2.21. The van der Waals surface area contributed by atoms with Gasteiger partial charge in [-0.2, -0.15) is 0 Å². The molecule has 1 aliphatic rings. The molecular weight excluding hydrogens is 229 g/mol. The Morgan fingerprint density at radius 3 is 2.89 bits per heavy atom. The molecule has 0 spiro atoms. The van der Waals surface area contributed by atoms with E-state index in [-0.39, 0.29) is 17.5 Å². The fourth-order valence-electron chi connectivity index (χ4n) is 2.24. The molecular formula is C15H22FNO. The van der Waals surface area contributed by atoms with Gasteiger partial charge in [0.15, 0.2) is 0 Å². The second-order valence-corrected chi connectivity index (χ2v) is 6.02. The van der Waals surface area contributed by atoms with Crippen LogP contribution in [-0.4, -0.2) is 18.2 Å². The van der Waals surface area contributed by atoms with Gasteiger partial charge in [-0.05, 0) is 58.4 Å². The zero-order chi connectivity index (χ0) is 13.2. The maximum Gasteiger partial charge on any atom is 0.123 e. The summed E-state index contributed by atoms with van der Waals surface area (Å²) in [6, 6.07) is 4.78. The molecule has 1 unspecified atom stereocenters. The van der Waals surface area contributed by atoms with Crippen LogP contribution in [0.4, 0.5) is 4.39 Å². The molecule has 3 heteroatoms. The van der Waals surface area contributed by atoms with E-state index in [0.29, 0.717) is 0 Å². The fourth-order valence-corrected chi connectivity index (χ4v) is 2.24. The number of halogens is 1. The third-order valence-corrected chi connectivity index (χ3v) is 3.12. The number of hydrogen-bond donors (Lipinski definition) is 1. The summed E-state index contributed by atoms with van der Waals surface area (Å²) in [5, 5.41) is 3.46. The van der Waals surface area contributed by atoms with Crippen LogP contribution < -0.4 is 10.1 Å². The highest BCUT2D eigenvalue weighted by atomic mass is 19.1. The Bertz CT molecular complexity index is 411. The molecule has 0 aliphatic carbocycles. The number of nitrogens with one attached hydrogen (secondary N) is 1. The first-order valence-corrected chi connectivity index (χ1v) is 6.64. The first-order chi connectivity index (χ1) is 8.44. The van der Waals surface area contributed by atoms with Crippen molar-refractivity contribution in [3.63, 3.8) is 0 Å². The van der Waals surface area contributed by atoms with Crippen LogP contribution in [0.3, 0.4) is 0 Å². The molecule has 1 atom stereocenters. The summed E-state index contributed by atoms with van der Waals surface area (Å²) in [4.78, 5) is 0. The SMILES string of the molecule is CC(C)(C)NCCCC1Cc2cc(F)ccc2O1. The van der Waals surface area contributed by atoms with E-state index in [9.17, 15) is 4.39 Å². The van der Waals surface area contributed by atoms with Gasteiger partial charge in [0.1, 0.15) is 17.7 Å². The van der Waals surface area contributed by atoms with E-state index in [1.807, 2.05) is 0 Å². The van der Waals surface area contributed by atoms with Crippen LogP contribution in [0.1, 0.15) is 39.2 Å². The van der Waals surface area contributed by atoms with Crippen LogP contribution in [-0.2, 0) is 6.42 Å². The molecule has 2 nitrogen and oxygen atoms in total. The Labute approximate surface area is 109 Å². The molecule has 0 bridgehead atoms.